The summed E-state index contributed by atoms with van der Waals surface area (Å²) < 4.78 is 5.22. The zero-order chi connectivity index (χ0) is 20.1. The van der Waals surface area contributed by atoms with Crippen LogP contribution in [0.5, 0.6) is 5.75 Å². The molecule has 0 bridgehead atoms. The first kappa shape index (κ1) is 20.0. The van der Waals surface area contributed by atoms with Gasteiger partial charge in [-0.05, 0) is 50.8 Å². The van der Waals surface area contributed by atoms with E-state index in [4.69, 9.17) is 4.74 Å². The SMILES string of the molecule is COc1ccc(C(CNC(=O)c2sc(-c3cccnc3)nc2C)N(C)C)cc1. The van der Waals surface area contributed by atoms with Crippen LogP contribution in [0.2, 0.25) is 0 Å². The summed E-state index contributed by atoms with van der Waals surface area (Å²) in [4.78, 5) is 24.1. The predicted octanol–water partition coefficient (Wildman–Crippen LogP) is 3.55. The number of carbonyl (C=O) groups excluding carboxylic acids is 1. The Balaban J connectivity index is 1.72. The first-order valence-electron chi connectivity index (χ1n) is 8.96. The molecule has 1 N–H and O–H groups in total. The molecule has 1 amide bonds. The van der Waals surface area contributed by atoms with Gasteiger partial charge in [-0.15, -0.1) is 11.3 Å². The molecule has 28 heavy (non-hydrogen) atoms. The molecule has 0 fully saturated rings. The Morgan fingerprint density at radius 2 is 2.00 bits per heavy atom. The minimum absolute atomic E-state index is 0.0564. The van der Waals surface area contributed by atoms with Crippen LogP contribution in [-0.4, -0.2) is 48.5 Å². The number of pyridine rings is 1. The van der Waals surface area contributed by atoms with Gasteiger partial charge in [0.2, 0.25) is 0 Å². The van der Waals surface area contributed by atoms with Gasteiger partial charge in [-0.25, -0.2) is 4.98 Å². The monoisotopic (exact) mass is 396 g/mol. The van der Waals surface area contributed by atoms with Gasteiger partial charge < -0.3 is 15.0 Å². The second-order valence-electron chi connectivity index (χ2n) is 6.64. The molecule has 0 saturated carbocycles. The van der Waals surface area contributed by atoms with E-state index in [9.17, 15) is 4.79 Å². The van der Waals surface area contributed by atoms with Gasteiger partial charge in [0.05, 0.1) is 18.8 Å². The van der Waals surface area contributed by atoms with E-state index in [2.05, 4.69) is 20.2 Å². The van der Waals surface area contributed by atoms with Crippen molar-refractivity contribution in [3.8, 4) is 16.3 Å². The Morgan fingerprint density at radius 1 is 1.25 bits per heavy atom. The number of nitrogens with one attached hydrogen (secondary N) is 1. The van der Waals surface area contributed by atoms with Crippen molar-refractivity contribution in [3.63, 3.8) is 0 Å². The topological polar surface area (TPSA) is 67.3 Å². The molecule has 7 heteroatoms. The fourth-order valence-corrected chi connectivity index (χ4v) is 3.89. The van der Waals surface area contributed by atoms with E-state index in [0.29, 0.717) is 11.4 Å². The smallest absolute Gasteiger partial charge is 0.263 e. The van der Waals surface area contributed by atoms with Gasteiger partial charge in [0, 0.05) is 24.5 Å². The molecule has 2 heterocycles. The molecule has 0 aliphatic carbocycles. The highest BCUT2D eigenvalue weighted by atomic mass is 32.1. The van der Waals surface area contributed by atoms with Crippen LogP contribution in [0.15, 0.2) is 48.8 Å². The van der Waals surface area contributed by atoms with Crippen LogP contribution >= 0.6 is 11.3 Å². The van der Waals surface area contributed by atoms with Crippen LogP contribution in [0.1, 0.15) is 27.0 Å². The number of aryl methyl sites for hydroxylation is 1. The summed E-state index contributed by atoms with van der Waals surface area (Å²) >= 11 is 1.39. The number of rotatable bonds is 7. The lowest BCUT2D eigenvalue weighted by atomic mass is 10.1. The van der Waals surface area contributed by atoms with Crippen molar-refractivity contribution in [2.45, 2.75) is 13.0 Å². The van der Waals surface area contributed by atoms with E-state index in [1.54, 1.807) is 19.5 Å². The third-order valence-electron chi connectivity index (χ3n) is 4.49. The molecule has 2 aromatic heterocycles. The molecule has 0 saturated heterocycles. The van der Waals surface area contributed by atoms with Crippen LogP contribution in [0.25, 0.3) is 10.6 Å². The predicted molar refractivity (Wildman–Crippen MR) is 112 cm³/mol. The number of amides is 1. The molecule has 1 atom stereocenters. The summed E-state index contributed by atoms with van der Waals surface area (Å²) in [5, 5.41) is 3.86. The van der Waals surface area contributed by atoms with Crippen molar-refractivity contribution in [1.29, 1.82) is 0 Å². The van der Waals surface area contributed by atoms with Gasteiger partial charge in [0.15, 0.2) is 0 Å². The maximum Gasteiger partial charge on any atom is 0.263 e. The van der Waals surface area contributed by atoms with Gasteiger partial charge in [-0.2, -0.15) is 0 Å². The lowest BCUT2D eigenvalue weighted by Gasteiger charge is -2.25. The van der Waals surface area contributed by atoms with Crippen molar-refractivity contribution in [1.82, 2.24) is 20.2 Å². The number of nitrogens with zero attached hydrogens (tertiary/aromatic N) is 3. The molecule has 1 aromatic carbocycles. The maximum absolute atomic E-state index is 12.8. The Morgan fingerprint density at radius 3 is 2.61 bits per heavy atom. The van der Waals surface area contributed by atoms with Crippen molar-refractivity contribution in [2.75, 3.05) is 27.7 Å². The third kappa shape index (κ3) is 4.55. The van der Waals surface area contributed by atoms with Gasteiger partial charge in [0.25, 0.3) is 5.91 Å². The number of ether oxygens (including phenoxy) is 1. The average molecular weight is 397 g/mol. The Kier molecular flexibility index (Phi) is 6.38. The van der Waals surface area contributed by atoms with Crippen LogP contribution in [0.3, 0.4) is 0 Å². The summed E-state index contributed by atoms with van der Waals surface area (Å²) in [6.07, 6.45) is 3.48. The number of methoxy groups -OCH3 is 1. The molecule has 0 radical (unpaired) electrons. The molecule has 0 aliphatic rings. The van der Waals surface area contributed by atoms with E-state index in [-0.39, 0.29) is 11.9 Å². The normalized spacial score (nSPS) is 12.0. The van der Waals surface area contributed by atoms with Crippen LogP contribution in [0, 0.1) is 6.92 Å². The minimum atomic E-state index is -0.106. The van der Waals surface area contributed by atoms with Crippen molar-refractivity contribution in [3.05, 3.63) is 64.9 Å². The molecular weight excluding hydrogens is 372 g/mol. The number of hydrogen-bond donors (Lipinski definition) is 1. The van der Waals surface area contributed by atoms with Crippen molar-refractivity contribution < 1.29 is 9.53 Å². The highest BCUT2D eigenvalue weighted by molar-refractivity contribution is 7.17. The molecule has 0 spiro atoms. The number of likely N-dealkylation sites (N-methyl/N-ethyl adjacent to an activating group) is 1. The summed E-state index contributed by atoms with van der Waals surface area (Å²) in [5.41, 5.74) is 2.76. The lowest BCUT2D eigenvalue weighted by Crippen LogP contribution is -2.34. The van der Waals surface area contributed by atoms with E-state index < -0.39 is 0 Å². The standard InChI is InChI=1S/C21H24N4O2S/c1-14-19(28-21(24-14)16-6-5-11-22-12-16)20(26)23-13-18(25(2)3)15-7-9-17(27-4)10-8-15/h5-12,18H,13H2,1-4H3,(H,23,26). The Bertz CT molecular complexity index is 923. The Hall–Kier alpha value is -2.77. The zero-order valence-electron chi connectivity index (χ0n) is 16.5. The van der Waals surface area contributed by atoms with Crippen LogP contribution in [-0.2, 0) is 0 Å². The number of benzene rings is 1. The van der Waals surface area contributed by atoms with Crippen molar-refractivity contribution in [2.24, 2.45) is 0 Å². The number of carbonyl (C=O) groups is 1. The molecular formula is C21H24N4O2S. The molecule has 1 unspecified atom stereocenters. The fourth-order valence-electron chi connectivity index (χ4n) is 2.91. The summed E-state index contributed by atoms with van der Waals surface area (Å²) in [6.45, 7) is 2.36. The molecule has 0 aliphatic heterocycles. The maximum atomic E-state index is 12.8. The van der Waals surface area contributed by atoms with Crippen molar-refractivity contribution >= 4 is 17.2 Å². The number of aromatic nitrogens is 2. The number of thiazole rings is 1. The largest absolute Gasteiger partial charge is 0.497 e. The zero-order valence-corrected chi connectivity index (χ0v) is 17.3. The quantitative estimate of drug-likeness (QED) is 0.661. The fraction of sp³-hybridized carbons (Fsp3) is 0.286. The first-order valence-corrected chi connectivity index (χ1v) is 9.77. The lowest BCUT2D eigenvalue weighted by molar-refractivity contribution is 0.0945. The van der Waals surface area contributed by atoms with Gasteiger partial charge >= 0.3 is 0 Å². The summed E-state index contributed by atoms with van der Waals surface area (Å²) in [7, 11) is 5.65. The molecule has 3 rings (SSSR count). The average Bonchev–Trinajstić information content (AvgIpc) is 3.10. The van der Waals surface area contributed by atoms with E-state index in [0.717, 1.165) is 27.6 Å². The second kappa shape index (κ2) is 8.95. The molecule has 146 valence electrons. The van der Waals surface area contributed by atoms with E-state index in [1.165, 1.54) is 11.3 Å². The van der Waals surface area contributed by atoms with Crippen LogP contribution in [0.4, 0.5) is 0 Å². The van der Waals surface area contributed by atoms with Gasteiger partial charge in [0.1, 0.15) is 15.6 Å². The first-order chi connectivity index (χ1) is 13.5. The van der Waals surface area contributed by atoms with Gasteiger partial charge in [-0.1, -0.05) is 12.1 Å². The molecule has 6 nitrogen and oxygen atoms in total. The summed E-state index contributed by atoms with van der Waals surface area (Å²) in [6, 6.07) is 11.8. The van der Waals surface area contributed by atoms with Gasteiger partial charge in [-0.3, -0.25) is 9.78 Å². The number of hydrogen-bond acceptors (Lipinski definition) is 6. The minimum Gasteiger partial charge on any atom is -0.497 e. The highest BCUT2D eigenvalue weighted by Crippen LogP contribution is 2.27. The highest BCUT2D eigenvalue weighted by Gasteiger charge is 2.19. The molecule has 3 aromatic rings. The van der Waals surface area contributed by atoms with E-state index in [1.807, 2.05) is 57.4 Å². The Labute approximate surface area is 169 Å². The second-order valence-corrected chi connectivity index (χ2v) is 7.64. The summed E-state index contributed by atoms with van der Waals surface area (Å²) in [5.74, 6) is 0.707. The van der Waals surface area contributed by atoms with Crippen LogP contribution < -0.4 is 10.1 Å². The third-order valence-corrected chi connectivity index (χ3v) is 5.70. The van der Waals surface area contributed by atoms with E-state index >= 15 is 0 Å².